The fourth-order valence-electron chi connectivity index (χ4n) is 1.70. The van der Waals surface area contributed by atoms with Crippen LogP contribution in [-0.4, -0.2) is 12.2 Å². The highest BCUT2D eigenvalue weighted by atomic mass is 16.2. The van der Waals surface area contributed by atoms with Crippen molar-refractivity contribution in [1.82, 2.24) is 0 Å². The molecule has 0 aliphatic rings. The van der Waals surface area contributed by atoms with Crippen molar-refractivity contribution in [3.05, 3.63) is 0 Å². The second-order valence-electron chi connectivity index (χ2n) is 4.27. The summed E-state index contributed by atoms with van der Waals surface area (Å²) < 4.78 is 0. The molecule has 94 valence electrons. The van der Waals surface area contributed by atoms with E-state index in [1.165, 1.54) is 51.4 Å². The maximum Gasteiger partial charge on any atom is 0.337 e. The fourth-order valence-corrected chi connectivity index (χ4v) is 1.70. The van der Waals surface area contributed by atoms with Gasteiger partial charge in [0.25, 0.3) is 0 Å². The van der Waals surface area contributed by atoms with Gasteiger partial charge in [-0.15, -0.1) is 0 Å². The Morgan fingerprint density at radius 2 is 1.50 bits per heavy atom. The number of urea groups is 1. The van der Waals surface area contributed by atoms with Crippen LogP contribution in [-0.2, 0) is 0 Å². The highest BCUT2D eigenvalue weighted by molar-refractivity contribution is 5.81. The summed E-state index contributed by atoms with van der Waals surface area (Å²) in [7, 11) is 0. The van der Waals surface area contributed by atoms with E-state index in [4.69, 9.17) is 5.73 Å². The topological polar surface area (TPSA) is 55.4 Å². The van der Waals surface area contributed by atoms with Crippen molar-refractivity contribution in [2.24, 2.45) is 10.7 Å². The molecule has 0 saturated carbocycles. The molecule has 0 atom stereocenters. The monoisotopic (exact) mass is 226 g/mol. The molecule has 0 rings (SSSR count). The van der Waals surface area contributed by atoms with E-state index in [1.807, 2.05) is 0 Å². The lowest BCUT2D eigenvalue weighted by molar-refractivity contribution is 0.257. The zero-order valence-corrected chi connectivity index (χ0v) is 10.6. The highest BCUT2D eigenvalue weighted by Gasteiger charge is 1.91. The lowest BCUT2D eigenvalue weighted by atomic mass is 10.1. The number of hydrogen-bond acceptors (Lipinski definition) is 1. The van der Waals surface area contributed by atoms with Crippen LogP contribution in [0, 0.1) is 0 Å². The summed E-state index contributed by atoms with van der Waals surface area (Å²) in [6, 6.07) is -0.587. The molecule has 0 saturated heterocycles. The maximum atomic E-state index is 10.3. The fraction of sp³-hybridized carbons (Fsp3) is 0.846. The highest BCUT2D eigenvalue weighted by Crippen LogP contribution is 2.09. The van der Waals surface area contributed by atoms with Crippen LogP contribution in [0.25, 0.3) is 0 Å². The molecule has 3 heteroatoms. The maximum absolute atomic E-state index is 10.3. The van der Waals surface area contributed by atoms with Gasteiger partial charge in [0.05, 0.1) is 0 Å². The lowest BCUT2D eigenvalue weighted by Gasteiger charge is -2.00. The molecule has 2 amide bonds. The largest absolute Gasteiger partial charge is 0.350 e. The minimum absolute atomic E-state index is 0.587. The van der Waals surface area contributed by atoms with E-state index in [9.17, 15) is 4.79 Å². The van der Waals surface area contributed by atoms with Crippen LogP contribution in [0.5, 0.6) is 0 Å². The average Bonchev–Trinajstić information content (AvgIpc) is 2.25. The van der Waals surface area contributed by atoms with E-state index in [1.54, 1.807) is 6.21 Å². The molecule has 2 N–H and O–H groups in total. The minimum Gasteiger partial charge on any atom is -0.350 e. The average molecular weight is 226 g/mol. The first kappa shape index (κ1) is 15.1. The third-order valence-corrected chi connectivity index (χ3v) is 2.66. The molecule has 0 aromatic rings. The van der Waals surface area contributed by atoms with Crippen molar-refractivity contribution >= 4 is 12.2 Å². The molecule has 0 heterocycles. The van der Waals surface area contributed by atoms with E-state index in [0.717, 1.165) is 12.8 Å². The first-order valence-electron chi connectivity index (χ1n) is 6.59. The zero-order valence-electron chi connectivity index (χ0n) is 10.6. The van der Waals surface area contributed by atoms with Gasteiger partial charge < -0.3 is 5.73 Å². The third kappa shape index (κ3) is 13.1. The molecule has 3 nitrogen and oxygen atoms in total. The SMILES string of the molecule is CCCCCCCCCCCC=NC(N)=O. The first-order chi connectivity index (χ1) is 7.77. The van der Waals surface area contributed by atoms with Gasteiger partial charge in [-0.25, -0.2) is 9.79 Å². The standard InChI is InChI=1S/C13H26N2O/c1-2-3-4-5-6-7-8-9-10-11-12-15-13(14)16/h12H,2-11H2,1H3,(H2,14,16). The Morgan fingerprint density at radius 1 is 1.00 bits per heavy atom. The van der Waals surface area contributed by atoms with Crippen LogP contribution >= 0.6 is 0 Å². The van der Waals surface area contributed by atoms with Crippen molar-refractivity contribution in [1.29, 1.82) is 0 Å². The number of amides is 2. The Kier molecular flexibility index (Phi) is 11.6. The normalized spacial score (nSPS) is 11.1. The number of aliphatic imine (C=N–C) groups is 1. The minimum atomic E-state index is -0.587. The smallest absolute Gasteiger partial charge is 0.337 e. The van der Waals surface area contributed by atoms with Crippen LogP contribution in [0.3, 0.4) is 0 Å². The van der Waals surface area contributed by atoms with E-state index in [2.05, 4.69) is 11.9 Å². The van der Waals surface area contributed by atoms with E-state index < -0.39 is 6.03 Å². The second-order valence-corrected chi connectivity index (χ2v) is 4.27. The molecule has 0 spiro atoms. The third-order valence-electron chi connectivity index (χ3n) is 2.66. The van der Waals surface area contributed by atoms with Crippen molar-refractivity contribution in [3.63, 3.8) is 0 Å². The molecule has 0 aliphatic carbocycles. The zero-order chi connectivity index (χ0) is 12.1. The number of hydrogen-bond donors (Lipinski definition) is 1. The van der Waals surface area contributed by atoms with Crippen molar-refractivity contribution in [2.45, 2.75) is 71.1 Å². The van der Waals surface area contributed by atoms with Gasteiger partial charge in [0, 0.05) is 6.21 Å². The van der Waals surface area contributed by atoms with E-state index in [0.29, 0.717) is 0 Å². The van der Waals surface area contributed by atoms with Crippen LogP contribution in [0.2, 0.25) is 0 Å². The molecule has 0 unspecified atom stereocenters. The summed E-state index contributed by atoms with van der Waals surface area (Å²) in [5.74, 6) is 0. The first-order valence-corrected chi connectivity index (χ1v) is 6.59. The number of carbonyl (C=O) groups excluding carboxylic acids is 1. The molecule has 0 aromatic heterocycles. The van der Waals surface area contributed by atoms with Gasteiger partial charge in [0.2, 0.25) is 0 Å². The van der Waals surface area contributed by atoms with Crippen molar-refractivity contribution in [3.8, 4) is 0 Å². The number of nitrogens with zero attached hydrogens (tertiary/aromatic N) is 1. The van der Waals surface area contributed by atoms with Crippen molar-refractivity contribution in [2.75, 3.05) is 0 Å². The number of nitrogens with two attached hydrogens (primary N) is 1. The van der Waals surface area contributed by atoms with Gasteiger partial charge in [-0.05, 0) is 12.8 Å². The van der Waals surface area contributed by atoms with Gasteiger partial charge in [0.1, 0.15) is 0 Å². The summed E-state index contributed by atoms with van der Waals surface area (Å²) in [6.07, 6.45) is 14.3. The summed E-state index contributed by atoms with van der Waals surface area (Å²) in [5, 5.41) is 0. The molecule has 0 aliphatic heterocycles. The van der Waals surface area contributed by atoms with Crippen molar-refractivity contribution < 1.29 is 4.79 Å². The van der Waals surface area contributed by atoms with Gasteiger partial charge in [-0.1, -0.05) is 58.3 Å². The Bertz CT molecular complexity index is 190. The predicted molar refractivity (Wildman–Crippen MR) is 69.9 cm³/mol. The molecule has 16 heavy (non-hydrogen) atoms. The Labute approximate surface area is 99.5 Å². The molecule has 0 fully saturated rings. The van der Waals surface area contributed by atoms with Crippen LogP contribution in [0.4, 0.5) is 4.79 Å². The predicted octanol–water partition coefficient (Wildman–Crippen LogP) is 4.06. The second kappa shape index (κ2) is 12.2. The van der Waals surface area contributed by atoms with Crippen LogP contribution < -0.4 is 5.73 Å². The van der Waals surface area contributed by atoms with Gasteiger partial charge >= 0.3 is 6.03 Å². The van der Waals surface area contributed by atoms with E-state index >= 15 is 0 Å². The Hall–Kier alpha value is -0.860. The number of primary amides is 1. The summed E-state index contributed by atoms with van der Waals surface area (Å²) >= 11 is 0. The van der Waals surface area contributed by atoms with Gasteiger partial charge in [-0.3, -0.25) is 0 Å². The Balaban J connectivity index is 3.01. The van der Waals surface area contributed by atoms with E-state index in [-0.39, 0.29) is 0 Å². The summed E-state index contributed by atoms with van der Waals surface area (Å²) in [4.78, 5) is 13.8. The molecule has 0 bridgehead atoms. The van der Waals surface area contributed by atoms with Gasteiger partial charge in [0.15, 0.2) is 0 Å². The molecule has 0 radical (unpaired) electrons. The number of rotatable bonds is 10. The number of unbranched alkanes of at least 4 members (excludes halogenated alkanes) is 9. The quantitative estimate of drug-likeness (QED) is 0.443. The molecular formula is C13H26N2O. The lowest BCUT2D eigenvalue weighted by Crippen LogP contribution is -2.03. The van der Waals surface area contributed by atoms with Crippen LogP contribution in [0.1, 0.15) is 71.1 Å². The van der Waals surface area contributed by atoms with Gasteiger partial charge in [-0.2, -0.15) is 0 Å². The summed E-state index contributed by atoms with van der Waals surface area (Å²) in [6.45, 7) is 2.24. The number of carbonyl (C=O) groups is 1. The van der Waals surface area contributed by atoms with Crippen LogP contribution in [0.15, 0.2) is 4.99 Å². The summed E-state index contributed by atoms with van der Waals surface area (Å²) in [5.41, 5.74) is 4.88. The Morgan fingerprint density at radius 3 is 2.00 bits per heavy atom. The molecular weight excluding hydrogens is 200 g/mol. The molecule has 0 aromatic carbocycles.